The lowest BCUT2D eigenvalue weighted by atomic mass is 10.2. The van der Waals surface area contributed by atoms with E-state index in [1.165, 1.54) is 0 Å². The van der Waals surface area contributed by atoms with Crippen molar-refractivity contribution in [3.63, 3.8) is 0 Å². The Morgan fingerprint density at radius 1 is 1.33 bits per heavy atom. The molecule has 1 saturated heterocycles. The molecule has 1 amide bonds. The predicted octanol–water partition coefficient (Wildman–Crippen LogP) is 0.386. The first-order valence-corrected chi connectivity index (χ1v) is 6.17. The standard InChI is InChI=1S/C13H16N2O3/c14-9-5-6-15(7-9)13(16)12-8-17-10-3-1-2-4-11(10)18-12/h1-4,9,12H,5-8,14H2/t9-,12?/m1/s1. The SMILES string of the molecule is N[C@@H]1CCN(C(=O)C2COc3ccccc3O2)C1. The van der Waals surface area contributed by atoms with Gasteiger partial charge in [0.2, 0.25) is 6.10 Å². The molecule has 1 aromatic carbocycles. The Balaban J connectivity index is 1.70. The van der Waals surface area contributed by atoms with Crippen LogP contribution in [0.3, 0.4) is 0 Å². The highest BCUT2D eigenvalue weighted by Crippen LogP contribution is 2.31. The summed E-state index contributed by atoms with van der Waals surface area (Å²) in [4.78, 5) is 14.0. The summed E-state index contributed by atoms with van der Waals surface area (Å²) in [5, 5.41) is 0. The van der Waals surface area contributed by atoms with E-state index in [0.717, 1.165) is 6.42 Å². The van der Waals surface area contributed by atoms with Crippen LogP contribution in [-0.4, -0.2) is 42.6 Å². The normalized spacial score (nSPS) is 26.2. The smallest absolute Gasteiger partial charge is 0.267 e. The number of carbonyl (C=O) groups is 1. The van der Waals surface area contributed by atoms with Gasteiger partial charge in [-0.3, -0.25) is 4.79 Å². The van der Waals surface area contributed by atoms with Crippen molar-refractivity contribution in [2.24, 2.45) is 5.73 Å². The monoisotopic (exact) mass is 248 g/mol. The number of nitrogens with two attached hydrogens (primary N) is 1. The molecular weight excluding hydrogens is 232 g/mol. The maximum absolute atomic E-state index is 12.2. The fourth-order valence-corrected chi connectivity index (χ4v) is 2.33. The number of ether oxygens (including phenoxy) is 2. The summed E-state index contributed by atoms with van der Waals surface area (Å²) in [6, 6.07) is 7.47. The Hall–Kier alpha value is -1.75. The number of para-hydroxylation sites is 2. The zero-order valence-corrected chi connectivity index (χ0v) is 10.0. The third-order valence-electron chi connectivity index (χ3n) is 3.32. The lowest BCUT2D eigenvalue weighted by Gasteiger charge is -2.28. The van der Waals surface area contributed by atoms with Gasteiger partial charge < -0.3 is 20.1 Å². The zero-order valence-electron chi connectivity index (χ0n) is 10.0. The molecule has 1 aromatic rings. The molecule has 0 radical (unpaired) electrons. The molecule has 2 N–H and O–H groups in total. The highest BCUT2D eigenvalue weighted by Gasteiger charge is 2.33. The molecule has 0 spiro atoms. The molecule has 1 unspecified atom stereocenters. The number of hydrogen-bond acceptors (Lipinski definition) is 4. The van der Waals surface area contributed by atoms with Crippen LogP contribution < -0.4 is 15.2 Å². The van der Waals surface area contributed by atoms with E-state index in [4.69, 9.17) is 15.2 Å². The largest absolute Gasteiger partial charge is 0.485 e. The van der Waals surface area contributed by atoms with Crippen LogP contribution in [0.5, 0.6) is 11.5 Å². The van der Waals surface area contributed by atoms with Crippen molar-refractivity contribution in [2.45, 2.75) is 18.6 Å². The lowest BCUT2D eigenvalue weighted by Crippen LogP contribution is -2.46. The summed E-state index contributed by atoms with van der Waals surface area (Å²) in [6.45, 7) is 1.59. The Kier molecular flexibility index (Phi) is 2.83. The third kappa shape index (κ3) is 2.01. The Morgan fingerprint density at radius 2 is 2.11 bits per heavy atom. The number of nitrogens with zero attached hydrogens (tertiary/aromatic N) is 1. The van der Waals surface area contributed by atoms with Crippen LogP contribution in [0, 0.1) is 0 Å². The van der Waals surface area contributed by atoms with E-state index in [2.05, 4.69) is 0 Å². The zero-order chi connectivity index (χ0) is 12.5. The number of fused-ring (bicyclic) bond motifs is 1. The summed E-state index contributed by atoms with van der Waals surface area (Å²) >= 11 is 0. The second-order valence-corrected chi connectivity index (χ2v) is 4.70. The third-order valence-corrected chi connectivity index (χ3v) is 3.32. The van der Waals surface area contributed by atoms with Crippen LogP contribution in [0.15, 0.2) is 24.3 Å². The van der Waals surface area contributed by atoms with Gasteiger partial charge in [-0.15, -0.1) is 0 Å². The Morgan fingerprint density at radius 3 is 2.83 bits per heavy atom. The molecule has 0 saturated carbocycles. The average molecular weight is 248 g/mol. The summed E-state index contributed by atoms with van der Waals surface area (Å²) in [5.41, 5.74) is 5.80. The van der Waals surface area contributed by atoms with Gasteiger partial charge in [0, 0.05) is 19.1 Å². The van der Waals surface area contributed by atoms with Gasteiger partial charge >= 0.3 is 0 Å². The first-order valence-electron chi connectivity index (χ1n) is 6.17. The van der Waals surface area contributed by atoms with Gasteiger partial charge in [0.05, 0.1) is 0 Å². The molecule has 2 aliphatic rings. The summed E-state index contributed by atoms with van der Waals surface area (Å²) < 4.78 is 11.2. The first kappa shape index (κ1) is 11.3. The van der Waals surface area contributed by atoms with Crippen LogP contribution in [0.1, 0.15) is 6.42 Å². The van der Waals surface area contributed by atoms with Gasteiger partial charge in [-0.05, 0) is 18.6 Å². The van der Waals surface area contributed by atoms with Crippen molar-refractivity contribution in [1.29, 1.82) is 0 Å². The van der Waals surface area contributed by atoms with Crippen molar-refractivity contribution in [3.8, 4) is 11.5 Å². The molecule has 0 aromatic heterocycles. The van der Waals surface area contributed by atoms with Crippen LogP contribution in [-0.2, 0) is 4.79 Å². The fourth-order valence-electron chi connectivity index (χ4n) is 2.33. The molecular formula is C13H16N2O3. The van der Waals surface area contributed by atoms with Crippen LogP contribution in [0.2, 0.25) is 0 Å². The molecule has 5 heteroatoms. The second-order valence-electron chi connectivity index (χ2n) is 4.70. The topological polar surface area (TPSA) is 64.8 Å². The van der Waals surface area contributed by atoms with Crippen molar-refractivity contribution in [1.82, 2.24) is 4.90 Å². The maximum atomic E-state index is 12.2. The van der Waals surface area contributed by atoms with Crippen molar-refractivity contribution in [3.05, 3.63) is 24.3 Å². The van der Waals surface area contributed by atoms with Crippen molar-refractivity contribution >= 4 is 5.91 Å². The van der Waals surface area contributed by atoms with E-state index in [-0.39, 0.29) is 18.6 Å². The van der Waals surface area contributed by atoms with Gasteiger partial charge in [-0.2, -0.15) is 0 Å². The number of rotatable bonds is 1. The number of benzene rings is 1. The molecule has 5 nitrogen and oxygen atoms in total. The minimum atomic E-state index is -0.551. The van der Waals surface area contributed by atoms with Crippen molar-refractivity contribution in [2.75, 3.05) is 19.7 Å². The highest BCUT2D eigenvalue weighted by atomic mass is 16.6. The maximum Gasteiger partial charge on any atom is 0.267 e. The van der Waals surface area contributed by atoms with Crippen LogP contribution in [0.25, 0.3) is 0 Å². The molecule has 0 bridgehead atoms. The minimum Gasteiger partial charge on any atom is -0.485 e. The second kappa shape index (κ2) is 4.49. The fraction of sp³-hybridized carbons (Fsp3) is 0.462. The quantitative estimate of drug-likeness (QED) is 0.780. The van der Waals surface area contributed by atoms with Gasteiger partial charge in [-0.1, -0.05) is 12.1 Å². The molecule has 2 heterocycles. The number of amides is 1. The predicted molar refractivity (Wildman–Crippen MR) is 65.5 cm³/mol. The molecule has 2 atom stereocenters. The summed E-state index contributed by atoms with van der Waals surface area (Å²) in [5.74, 6) is 1.29. The Labute approximate surface area is 105 Å². The van der Waals surface area contributed by atoms with Gasteiger partial charge in [0.1, 0.15) is 6.61 Å². The van der Waals surface area contributed by atoms with E-state index < -0.39 is 6.10 Å². The highest BCUT2D eigenvalue weighted by molar-refractivity contribution is 5.82. The minimum absolute atomic E-state index is 0.0301. The van der Waals surface area contributed by atoms with E-state index in [1.807, 2.05) is 24.3 Å². The number of carbonyl (C=O) groups excluding carboxylic acids is 1. The van der Waals surface area contributed by atoms with Gasteiger partial charge in [0.15, 0.2) is 11.5 Å². The number of hydrogen-bond donors (Lipinski definition) is 1. The summed E-state index contributed by atoms with van der Waals surface area (Å²) in [7, 11) is 0. The Bertz CT molecular complexity index is 463. The van der Waals surface area contributed by atoms with Crippen LogP contribution >= 0.6 is 0 Å². The van der Waals surface area contributed by atoms with E-state index in [1.54, 1.807) is 4.90 Å². The van der Waals surface area contributed by atoms with E-state index >= 15 is 0 Å². The molecule has 18 heavy (non-hydrogen) atoms. The van der Waals surface area contributed by atoms with Crippen LogP contribution in [0.4, 0.5) is 0 Å². The van der Waals surface area contributed by atoms with Gasteiger partial charge in [-0.25, -0.2) is 0 Å². The molecule has 96 valence electrons. The lowest BCUT2D eigenvalue weighted by molar-refractivity contribution is -0.140. The molecule has 1 fully saturated rings. The molecule has 0 aliphatic carbocycles. The van der Waals surface area contributed by atoms with Gasteiger partial charge in [0.25, 0.3) is 5.91 Å². The van der Waals surface area contributed by atoms with E-state index in [9.17, 15) is 4.79 Å². The van der Waals surface area contributed by atoms with E-state index in [0.29, 0.717) is 24.6 Å². The van der Waals surface area contributed by atoms with Crippen molar-refractivity contribution < 1.29 is 14.3 Å². The molecule has 2 aliphatic heterocycles. The summed E-state index contributed by atoms with van der Waals surface area (Å²) in [6.07, 6.45) is 0.306. The average Bonchev–Trinajstić information content (AvgIpc) is 2.84. The first-order chi connectivity index (χ1) is 8.74. The molecule has 3 rings (SSSR count). The number of likely N-dealkylation sites (tertiary alicyclic amines) is 1.